The van der Waals surface area contributed by atoms with Crippen molar-refractivity contribution in [3.8, 4) is 0 Å². The van der Waals surface area contributed by atoms with Crippen molar-refractivity contribution in [2.45, 2.75) is 18.6 Å². The molecule has 2 heterocycles. The first-order chi connectivity index (χ1) is 12.0. The molecule has 1 saturated heterocycles. The lowest BCUT2D eigenvalue weighted by atomic mass is 10.0. The minimum absolute atomic E-state index is 0.0818. The van der Waals surface area contributed by atoms with Crippen LogP contribution in [0.15, 0.2) is 51.2 Å². The van der Waals surface area contributed by atoms with Crippen LogP contribution in [0.25, 0.3) is 0 Å². The number of nitrogens with one attached hydrogen (secondary N) is 1. The van der Waals surface area contributed by atoms with Crippen molar-refractivity contribution in [1.82, 2.24) is 5.32 Å². The van der Waals surface area contributed by atoms with E-state index in [1.54, 1.807) is 30.3 Å². The van der Waals surface area contributed by atoms with E-state index < -0.39 is 5.25 Å². The van der Waals surface area contributed by atoms with Crippen LogP contribution in [0.3, 0.4) is 0 Å². The number of aryl methyl sites for hydroxylation is 1. The average Bonchev–Trinajstić information content (AvgIpc) is 3.20. The van der Waals surface area contributed by atoms with Crippen LogP contribution in [-0.4, -0.2) is 28.3 Å². The third-order valence-electron chi connectivity index (χ3n) is 3.50. The molecule has 0 bridgehead atoms. The van der Waals surface area contributed by atoms with Crippen molar-refractivity contribution in [3.63, 3.8) is 0 Å². The average molecular weight is 376 g/mol. The van der Waals surface area contributed by atoms with Crippen LogP contribution >= 0.6 is 23.4 Å². The van der Waals surface area contributed by atoms with Gasteiger partial charge in [-0.1, -0.05) is 23.4 Å². The Kier molecular flexibility index (Phi) is 5.35. The quantitative estimate of drug-likeness (QED) is 0.493. The third kappa shape index (κ3) is 4.37. The van der Waals surface area contributed by atoms with E-state index in [0.717, 1.165) is 5.56 Å². The van der Waals surface area contributed by atoms with Gasteiger partial charge in [-0.2, -0.15) is 5.10 Å². The number of ketones is 1. The highest BCUT2D eigenvalue weighted by Crippen LogP contribution is 2.25. The molecule has 0 aliphatic carbocycles. The number of rotatable bonds is 5. The van der Waals surface area contributed by atoms with Gasteiger partial charge in [-0.25, -0.2) is 0 Å². The maximum Gasteiger partial charge on any atom is 0.240 e. The second kappa shape index (κ2) is 7.67. The molecule has 1 amide bonds. The number of amides is 1. The summed E-state index contributed by atoms with van der Waals surface area (Å²) in [7, 11) is 0. The van der Waals surface area contributed by atoms with Crippen molar-refractivity contribution in [3.05, 3.63) is 58.5 Å². The van der Waals surface area contributed by atoms with Gasteiger partial charge in [0.15, 0.2) is 11.0 Å². The van der Waals surface area contributed by atoms with Crippen LogP contribution in [0, 0.1) is 6.92 Å². The molecule has 1 aliphatic heterocycles. The van der Waals surface area contributed by atoms with Crippen molar-refractivity contribution >= 4 is 46.4 Å². The molecule has 0 radical (unpaired) electrons. The number of amidine groups is 1. The number of halogens is 1. The molecule has 1 aliphatic rings. The van der Waals surface area contributed by atoms with E-state index in [-0.39, 0.29) is 18.1 Å². The van der Waals surface area contributed by atoms with Gasteiger partial charge in [0.25, 0.3) is 0 Å². The van der Waals surface area contributed by atoms with E-state index in [0.29, 0.717) is 21.5 Å². The lowest BCUT2D eigenvalue weighted by Gasteiger charge is -2.06. The largest absolute Gasteiger partial charge is 0.463 e. The molecule has 2 aromatic rings. The standard InChI is InChI=1S/C17H14ClN3O3S/c1-10-7-11(4-5-13(10)18)14(22)8-15-16(23)20-17(25-15)21-19-9-12-3-2-6-24-12/h2-7,9,15H,8H2,1H3,(H,20,21,23)/b19-9-/t15-/m1/s1. The van der Waals surface area contributed by atoms with Gasteiger partial charge < -0.3 is 9.73 Å². The fourth-order valence-electron chi connectivity index (χ4n) is 2.19. The summed E-state index contributed by atoms with van der Waals surface area (Å²) in [6, 6.07) is 8.55. The van der Waals surface area contributed by atoms with Gasteiger partial charge in [-0.15, -0.1) is 5.10 Å². The van der Waals surface area contributed by atoms with Gasteiger partial charge in [0.05, 0.1) is 17.7 Å². The number of carbonyl (C=O) groups is 2. The summed E-state index contributed by atoms with van der Waals surface area (Å²) < 4.78 is 5.09. The molecule has 6 nitrogen and oxygen atoms in total. The second-order valence-corrected chi connectivity index (χ2v) is 6.95. The summed E-state index contributed by atoms with van der Waals surface area (Å²) in [5, 5.41) is 10.8. The topological polar surface area (TPSA) is 84.0 Å². The van der Waals surface area contributed by atoms with Gasteiger partial charge in [0.2, 0.25) is 5.91 Å². The summed E-state index contributed by atoms with van der Waals surface area (Å²) >= 11 is 7.15. The van der Waals surface area contributed by atoms with Gasteiger partial charge in [-0.3, -0.25) is 9.59 Å². The molecule has 1 fully saturated rings. The van der Waals surface area contributed by atoms with Crippen molar-refractivity contribution < 1.29 is 14.0 Å². The van der Waals surface area contributed by atoms with E-state index in [9.17, 15) is 9.59 Å². The Hall–Kier alpha value is -2.38. The van der Waals surface area contributed by atoms with Crippen LogP contribution < -0.4 is 5.32 Å². The molecular formula is C17H14ClN3O3S. The van der Waals surface area contributed by atoms with E-state index in [4.69, 9.17) is 16.0 Å². The molecule has 25 heavy (non-hydrogen) atoms. The first-order valence-corrected chi connectivity index (χ1v) is 8.70. The molecule has 1 aromatic carbocycles. The molecule has 8 heteroatoms. The van der Waals surface area contributed by atoms with Gasteiger partial charge in [-0.05, 0) is 42.8 Å². The smallest absolute Gasteiger partial charge is 0.240 e. The van der Waals surface area contributed by atoms with Crippen LogP contribution in [0.1, 0.15) is 28.1 Å². The van der Waals surface area contributed by atoms with Crippen LogP contribution in [0.2, 0.25) is 5.02 Å². The highest BCUT2D eigenvalue weighted by atomic mass is 35.5. The molecule has 1 atom stereocenters. The fraction of sp³-hybridized carbons (Fsp3) is 0.176. The number of hydrogen-bond acceptors (Lipinski definition) is 6. The fourth-order valence-corrected chi connectivity index (χ4v) is 3.24. The third-order valence-corrected chi connectivity index (χ3v) is 5.00. The Morgan fingerprint density at radius 3 is 3.00 bits per heavy atom. The van der Waals surface area contributed by atoms with Crippen molar-refractivity contribution in [2.75, 3.05) is 0 Å². The molecule has 1 N–H and O–H groups in total. The van der Waals surface area contributed by atoms with E-state index in [2.05, 4.69) is 15.5 Å². The van der Waals surface area contributed by atoms with Gasteiger partial charge >= 0.3 is 0 Å². The predicted molar refractivity (Wildman–Crippen MR) is 98.4 cm³/mol. The first kappa shape index (κ1) is 17.4. The lowest BCUT2D eigenvalue weighted by molar-refractivity contribution is -0.118. The maximum atomic E-state index is 12.4. The van der Waals surface area contributed by atoms with E-state index in [1.807, 2.05) is 6.92 Å². The van der Waals surface area contributed by atoms with E-state index in [1.165, 1.54) is 24.2 Å². The summed E-state index contributed by atoms with van der Waals surface area (Å²) in [6.07, 6.45) is 3.05. The normalized spacial score (nSPS) is 18.9. The number of nitrogens with zero attached hydrogens (tertiary/aromatic N) is 2. The number of benzene rings is 1. The van der Waals surface area contributed by atoms with Crippen molar-refractivity contribution in [2.24, 2.45) is 10.2 Å². The molecule has 128 valence electrons. The highest BCUT2D eigenvalue weighted by Gasteiger charge is 2.32. The zero-order chi connectivity index (χ0) is 17.8. The van der Waals surface area contributed by atoms with Crippen LogP contribution in [0.4, 0.5) is 0 Å². The Labute approximate surface area is 153 Å². The number of carbonyl (C=O) groups excluding carboxylic acids is 2. The summed E-state index contributed by atoms with van der Waals surface area (Å²) in [4.78, 5) is 24.4. The van der Waals surface area contributed by atoms with Gasteiger partial charge in [0.1, 0.15) is 5.76 Å². The lowest BCUT2D eigenvalue weighted by Crippen LogP contribution is -2.26. The second-order valence-electron chi connectivity index (χ2n) is 5.35. The molecule has 0 saturated carbocycles. The summed E-state index contributed by atoms with van der Waals surface area (Å²) in [6.45, 7) is 1.83. The Morgan fingerprint density at radius 2 is 2.28 bits per heavy atom. The number of Topliss-reactive ketones (excluding diaryl/α,β-unsaturated/α-hetero) is 1. The number of hydrogen-bond donors (Lipinski definition) is 1. The Balaban J connectivity index is 1.62. The minimum Gasteiger partial charge on any atom is -0.463 e. The number of furan rings is 1. The molecule has 1 aromatic heterocycles. The van der Waals surface area contributed by atoms with Crippen LogP contribution in [0.5, 0.6) is 0 Å². The Bertz CT molecular complexity index is 862. The Morgan fingerprint density at radius 1 is 1.44 bits per heavy atom. The minimum atomic E-state index is -0.527. The molecule has 0 unspecified atom stereocenters. The number of thioether (sulfide) groups is 1. The van der Waals surface area contributed by atoms with Gasteiger partial charge in [0, 0.05) is 17.0 Å². The molecule has 3 rings (SSSR count). The molecule has 0 spiro atoms. The molecular weight excluding hydrogens is 362 g/mol. The predicted octanol–water partition coefficient (Wildman–Crippen LogP) is 3.44. The van der Waals surface area contributed by atoms with Crippen molar-refractivity contribution in [1.29, 1.82) is 0 Å². The first-order valence-electron chi connectivity index (χ1n) is 7.44. The zero-order valence-electron chi connectivity index (χ0n) is 13.2. The van der Waals surface area contributed by atoms with Crippen LogP contribution in [-0.2, 0) is 4.79 Å². The summed E-state index contributed by atoms with van der Waals surface area (Å²) in [5.41, 5.74) is 1.36. The monoisotopic (exact) mass is 375 g/mol. The van der Waals surface area contributed by atoms with E-state index >= 15 is 0 Å². The summed E-state index contributed by atoms with van der Waals surface area (Å²) in [5.74, 6) is 0.187. The maximum absolute atomic E-state index is 12.4. The highest BCUT2D eigenvalue weighted by molar-refractivity contribution is 8.15. The SMILES string of the molecule is Cc1cc(C(=O)C[C@H]2S/C(=N/N=C\c3ccco3)NC2=O)ccc1Cl. The zero-order valence-corrected chi connectivity index (χ0v) is 14.8.